The van der Waals surface area contributed by atoms with Crippen LogP contribution in [0.1, 0.15) is 24.9 Å². The van der Waals surface area contributed by atoms with Gasteiger partial charge in [-0.1, -0.05) is 19.1 Å². The Morgan fingerprint density at radius 3 is 2.38 bits per heavy atom. The van der Waals surface area contributed by atoms with Crippen LogP contribution in [0.25, 0.3) is 0 Å². The van der Waals surface area contributed by atoms with E-state index in [1.165, 1.54) is 12.1 Å². The number of hydrogen-bond acceptors (Lipinski definition) is 3. The Morgan fingerprint density at radius 2 is 1.79 bits per heavy atom. The summed E-state index contributed by atoms with van der Waals surface area (Å²) in [5.74, 6) is -0.696. The fraction of sp³-hybridized carbons (Fsp3) is 0.556. The summed E-state index contributed by atoms with van der Waals surface area (Å²) < 4.78 is 13.2. The number of nitrogens with zero attached hydrogens (tertiary/aromatic N) is 3. The van der Waals surface area contributed by atoms with Gasteiger partial charge in [0.25, 0.3) is 0 Å². The number of likely N-dealkylation sites (N-methyl/N-ethyl adjacent to an activating group) is 1. The van der Waals surface area contributed by atoms with Crippen LogP contribution >= 0.6 is 0 Å². The normalized spacial score (nSPS) is 25.4. The summed E-state index contributed by atoms with van der Waals surface area (Å²) in [4.78, 5) is 31.0. The zero-order valence-corrected chi connectivity index (χ0v) is 14.2. The van der Waals surface area contributed by atoms with Gasteiger partial charge in [0.1, 0.15) is 5.82 Å². The predicted molar refractivity (Wildman–Crippen MR) is 88.7 cm³/mol. The first kappa shape index (κ1) is 16.9. The van der Waals surface area contributed by atoms with Gasteiger partial charge in [-0.15, -0.1) is 0 Å². The topological polar surface area (TPSA) is 43.9 Å². The zero-order valence-electron chi connectivity index (χ0n) is 14.2. The SMILES string of the molecule is CCN1CCN(C(=O)[C@H]2CC(=O)N(C)[C@@H]2c2ccc(F)cc2)CC1. The molecule has 6 heteroatoms. The molecule has 0 saturated carbocycles. The average Bonchev–Trinajstić information content (AvgIpc) is 2.90. The first-order chi connectivity index (χ1) is 11.5. The third kappa shape index (κ3) is 3.15. The van der Waals surface area contributed by atoms with E-state index in [2.05, 4.69) is 11.8 Å². The van der Waals surface area contributed by atoms with Crippen LogP contribution in [-0.4, -0.2) is 66.3 Å². The van der Waals surface area contributed by atoms with Crippen LogP contribution in [0, 0.1) is 11.7 Å². The number of likely N-dealkylation sites (tertiary alicyclic amines) is 1. The molecule has 2 heterocycles. The average molecular weight is 333 g/mol. The first-order valence-corrected chi connectivity index (χ1v) is 8.53. The maximum Gasteiger partial charge on any atom is 0.228 e. The van der Waals surface area contributed by atoms with Gasteiger partial charge in [0.15, 0.2) is 0 Å². The summed E-state index contributed by atoms with van der Waals surface area (Å²) in [6.07, 6.45) is 0.228. The van der Waals surface area contributed by atoms with Crippen LogP contribution in [0.4, 0.5) is 4.39 Å². The molecular weight excluding hydrogens is 309 g/mol. The number of piperazine rings is 1. The van der Waals surface area contributed by atoms with E-state index in [1.807, 2.05) is 4.90 Å². The maximum atomic E-state index is 13.2. The monoisotopic (exact) mass is 333 g/mol. The Hall–Kier alpha value is -1.95. The van der Waals surface area contributed by atoms with Crippen molar-refractivity contribution in [3.05, 3.63) is 35.6 Å². The van der Waals surface area contributed by atoms with Gasteiger partial charge in [-0.05, 0) is 24.2 Å². The summed E-state index contributed by atoms with van der Waals surface area (Å²) in [6.45, 7) is 6.27. The molecule has 130 valence electrons. The lowest BCUT2D eigenvalue weighted by molar-refractivity contribution is -0.138. The standard InChI is InChI=1S/C18H24FN3O2/c1-3-21-8-10-22(11-9-21)18(24)15-12-16(23)20(2)17(15)13-4-6-14(19)7-5-13/h4-7,15,17H,3,8-12H2,1-2H3/t15-,17+/m0/s1. The summed E-state index contributed by atoms with van der Waals surface area (Å²) in [7, 11) is 1.72. The molecule has 2 atom stereocenters. The second-order valence-electron chi connectivity index (χ2n) is 6.57. The van der Waals surface area contributed by atoms with E-state index in [4.69, 9.17) is 0 Å². The van der Waals surface area contributed by atoms with Crippen molar-refractivity contribution in [2.24, 2.45) is 5.92 Å². The number of carbonyl (C=O) groups is 2. The number of hydrogen-bond donors (Lipinski definition) is 0. The third-order valence-electron chi connectivity index (χ3n) is 5.25. The van der Waals surface area contributed by atoms with Crippen LogP contribution < -0.4 is 0 Å². The van der Waals surface area contributed by atoms with Crippen molar-refractivity contribution in [3.8, 4) is 0 Å². The van der Waals surface area contributed by atoms with E-state index in [0.29, 0.717) is 13.1 Å². The lowest BCUT2D eigenvalue weighted by atomic mass is 9.92. The largest absolute Gasteiger partial charge is 0.340 e. The summed E-state index contributed by atoms with van der Waals surface area (Å²) in [5, 5.41) is 0. The quantitative estimate of drug-likeness (QED) is 0.842. The van der Waals surface area contributed by atoms with Crippen LogP contribution in [-0.2, 0) is 9.59 Å². The van der Waals surface area contributed by atoms with Gasteiger partial charge < -0.3 is 14.7 Å². The van der Waals surface area contributed by atoms with Gasteiger partial charge in [0.2, 0.25) is 11.8 Å². The Bertz CT molecular complexity index is 611. The minimum Gasteiger partial charge on any atom is -0.340 e. The molecule has 2 amide bonds. The Morgan fingerprint density at radius 1 is 1.17 bits per heavy atom. The van der Waals surface area contributed by atoms with Gasteiger partial charge in [-0.3, -0.25) is 9.59 Å². The molecule has 2 saturated heterocycles. The minimum atomic E-state index is -0.388. The molecule has 1 aromatic rings. The van der Waals surface area contributed by atoms with Crippen molar-refractivity contribution in [2.75, 3.05) is 39.8 Å². The summed E-state index contributed by atoms with van der Waals surface area (Å²) >= 11 is 0. The number of amides is 2. The van der Waals surface area contributed by atoms with Gasteiger partial charge in [-0.2, -0.15) is 0 Å². The Labute approximate surface area is 142 Å². The summed E-state index contributed by atoms with van der Waals surface area (Å²) in [6, 6.07) is 5.80. The lowest BCUT2D eigenvalue weighted by Gasteiger charge is -2.36. The van der Waals surface area contributed by atoms with E-state index in [0.717, 1.165) is 25.2 Å². The smallest absolute Gasteiger partial charge is 0.228 e. The molecule has 0 aliphatic carbocycles. The van der Waals surface area contributed by atoms with Crippen LogP contribution in [0.2, 0.25) is 0 Å². The molecule has 0 N–H and O–H groups in total. The van der Waals surface area contributed by atoms with Crippen LogP contribution in [0.15, 0.2) is 24.3 Å². The molecule has 2 aliphatic rings. The molecule has 0 bridgehead atoms. The highest BCUT2D eigenvalue weighted by Gasteiger charge is 2.44. The second-order valence-corrected chi connectivity index (χ2v) is 6.57. The van der Waals surface area contributed by atoms with E-state index in [-0.39, 0.29) is 36.0 Å². The molecule has 2 aliphatic heterocycles. The van der Waals surface area contributed by atoms with Gasteiger partial charge in [-0.25, -0.2) is 4.39 Å². The molecule has 24 heavy (non-hydrogen) atoms. The Kier molecular flexibility index (Phi) is 4.85. The predicted octanol–water partition coefficient (Wildman–Crippen LogP) is 1.51. The van der Waals surface area contributed by atoms with Crippen molar-refractivity contribution in [1.29, 1.82) is 0 Å². The number of carbonyl (C=O) groups excluding carboxylic acids is 2. The molecule has 0 unspecified atom stereocenters. The highest BCUT2D eigenvalue weighted by molar-refractivity contribution is 5.90. The van der Waals surface area contributed by atoms with Crippen LogP contribution in [0.5, 0.6) is 0 Å². The molecule has 5 nitrogen and oxygen atoms in total. The lowest BCUT2D eigenvalue weighted by Crippen LogP contribution is -2.50. The molecule has 0 aromatic heterocycles. The van der Waals surface area contributed by atoms with E-state index >= 15 is 0 Å². The number of rotatable bonds is 3. The number of halogens is 1. The summed E-state index contributed by atoms with van der Waals surface area (Å²) in [5.41, 5.74) is 0.815. The number of benzene rings is 1. The van der Waals surface area contributed by atoms with Crippen molar-refractivity contribution < 1.29 is 14.0 Å². The van der Waals surface area contributed by atoms with Crippen molar-refractivity contribution in [3.63, 3.8) is 0 Å². The second kappa shape index (κ2) is 6.89. The van der Waals surface area contributed by atoms with E-state index in [9.17, 15) is 14.0 Å². The van der Waals surface area contributed by atoms with Gasteiger partial charge >= 0.3 is 0 Å². The molecular formula is C18H24FN3O2. The van der Waals surface area contributed by atoms with Gasteiger partial charge in [0, 0.05) is 39.6 Å². The van der Waals surface area contributed by atoms with Crippen LogP contribution in [0.3, 0.4) is 0 Å². The molecule has 3 rings (SSSR count). The Balaban J connectivity index is 1.78. The minimum absolute atomic E-state index is 0.0325. The van der Waals surface area contributed by atoms with Crippen molar-refractivity contribution >= 4 is 11.8 Å². The van der Waals surface area contributed by atoms with Gasteiger partial charge in [0.05, 0.1) is 12.0 Å². The third-order valence-corrected chi connectivity index (χ3v) is 5.25. The zero-order chi connectivity index (χ0) is 17.3. The molecule has 0 spiro atoms. The first-order valence-electron chi connectivity index (χ1n) is 8.53. The maximum absolute atomic E-state index is 13.2. The van der Waals surface area contributed by atoms with Crippen molar-refractivity contribution in [2.45, 2.75) is 19.4 Å². The molecule has 0 radical (unpaired) electrons. The van der Waals surface area contributed by atoms with E-state index < -0.39 is 0 Å². The van der Waals surface area contributed by atoms with E-state index in [1.54, 1.807) is 24.1 Å². The fourth-order valence-corrected chi connectivity index (χ4v) is 3.73. The molecule has 1 aromatic carbocycles. The highest BCUT2D eigenvalue weighted by Crippen LogP contribution is 2.38. The molecule has 2 fully saturated rings. The fourth-order valence-electron chi connectivity index (χ4n) is 3.73. The van der Waals surface area contributed by atoms with Crippen molar-refractivity contribution in [1.82, 2.24) is 14.7 Å². The highest BCUT2D eigenvalue weighted by atomic mass is 19.1.